The van der Waals surface area contributed by atoms with E-state index in [9.17, 15) is 4.79 Å². The average molecular weight is 384 g/mol. The summed E-state index contributed by atoms with van der Waals surface area (Å²) in [6.07, 6.45) is -0.201. The van der Waals surface area contributed by atoms with Gasteiger partial charge in [-0.1, -0.05) is 24.3 Å². The predicted molar refractivity (Wildman–Crippen MR) is 109 cm³/mol. The number of H-pyrrole nitrogens is 1. The van der Waals surface area contributed by atoms with Crippen molar-refractivity contribution in [3.63, 3.8) is 0 Å². The van der Waals surface area contributed by atoms with E-state index in [1.165, 1.54) is 27.0 Å². The summed E-state index contributed by atoms with van der Waals surface area (Å²) in [5.74, 6) is 0. The van der Waals surface area contributed by atoms with Gasteiger partial charge in [0.1, 0.15) is 0 Å². The van der Waals surface area contributed by atoms with Gasteiger partial charge in [-0.3, -0.25) is 4.90 Å². The molecular formula is C21H25N3O2S. The van der Waals surface area contributed by atoms with Crippen LogP contribution in [0.5, 0.6) is 0 Å². The molecule has 3 aromatic rings. The summed E-state index contributed by atoms with van der Waals surface area (Å²) >= 11 is 1.79. The number of aryl methyl sites for hydroxylation is 1. The molecule has 6 heteroatoms. The lowest BCUT2D eigenvalue weighted by atomic mass is 9.99. The smallest absolute Gasteiger partial charge is 0.409 e. The third-order valence-electron chi connectivity index (χ3n) is 5.23. The van der Waals surface area contributed by atoms with Crippen molar-refractivity contribution in [1.29, 1.82) is 0 Å². The predicted octanol–water partition coefficient (Wildman–Crippen LogP) is 4.40. The number of nitrogens with zero attached hydrogens (tertiary/aromatic N) is 2. The largest absolute Gasteiger partial charge is 0.450 e. The SMILES string of the molecule is CCOC(=O)N1CCN([C@H](c2cccs2)c2c(C)[nH]c3ccccc23)CC1. The lowest BCUT2D eigenvalue weighted by molar-refractivity contribution is 0.0720. The molecule has 4 rings (SSSR count). The molecule has 1 aromatic carbocycles. The summed E-state index contributed by atoms with van der Waals surface area (Å²) < 4.78 is 5.16. The first-order valence-electron chi connectivity index (χ1n) is 9.45. The highest BCUT2D eigenvalue weighted by molar-refractivity contribution is 7.10. The van der Waals surface area contributed by atoms with Gasteiger partial charge in [0.25, 0.3) is 0 Å². The second-order valence-electron chi connectivity index (χ2n) is 6.85. The highest BCUT2D eigenvalue weighted by atomic mass is 32.1. The van der Waals surface area contributed by atoms with Gasteiger partial charge in [0.15, 0.2) is 0 Å². The zero-order valence-corrected chi connectivity index (χ0v) is 16.6. The number of carbonyl (C=O) groups is 1. The maximum atomic E-state index is 12.0. The van der Waals surface area contributed by atoms with Crippen LogP contribution in [0.25, 0.3) is 10.9 Å². The molecule has 27 heavy (non-hydrogen) atoms. The monoisotopic (exact) mass is 383 g/mol. The second-order valence-corrected chi connectivity index (χ2v) is 7.83. The molecule has 1 atom stereocenters. The van der Waals surface area contributed by atoms with Crippen LogP contribution in [0.4, 0.5) is 4.79 Å². The van der Waals surface area contributed by atoms with E-state index in [1.807, 2.05) is 11.8 Å². The van der Waals surface area contributed by atoms with E-state index >= 15 is 0 Å². The summed E-state index contributed by atoms with van der Waals surface area (Å²) in [7, 11) is 0. The molecule has 1 amide bonds. The Bertz CT molecular complexity index is 911. The number of thiophene rings is 1. The number of hydrogen-bond acceptors (Lipinski definition) is 4. The van der Waals surface area contributed by atoms with Gasteiger partial charge in [-0.25, -0.2) is 4.79 Å². The van der Waals surface area contributed by atoms with Crippen LogP contribution in [0, 0.1) is 6.92 Å². The number of aromatic nitrogens is 1. The minimum absolute atomic E-state index is 0.200. The lowest BCUT2D eigenvalue weighted by Crippen LogP contribution is -2.50. The standard InChI is InChI=1S/C21H25N3O2S/c1-3-26-21(25)24-12-10-23(11-13-24)20(18-9-6-14-27-18)19-15(2)22-17-8-5-4-7-16(17)19/h4-9,14,20,22H,3,10-13H2,1-2H3/t20-/m1/s1. The normalized spacial score (nSPS) is 16.6. The van der Waals surface area contributed by atoms with Crippen LogP contribution in [0.1, 0.15) is 29.1 Å². The van der Waals surface area contributed by atoms with Crippen LogP contribution in [0.15, 0.2) is 41.8 Å². The summed E-state index contributed by atoms with van der Waals surface area (Å²) in [5, 5.41) is 3.42. The van der Waals surface area contributed by atoms with Gasteiger partial charge < -0.3 is 14.6 Å². The molecule has 0 aliphatic carbocycles. The van der Waals surface area contributed by atoms with Crippen molar-refractivity contribution >= 4 is 28.3 Å². The molecule has 142 valence electrons. The number of nitrogens with one attached hydrogen (secondary N) is 1. The molecule has 3 heterocycles. The van der Waals surface area contributed by atoms with Crippen molar-refractivity contribution in [2.24, 2.45) is 0 Å². The van der Waals surface area contributed by atoms with Gasteiger partial charge in [-0.05, 0) is 31.4 Å². The van der Waals surface area contributed by atoms with E-state index in [0.29, 0.717) is 19.7 Å². The first-order chi connectivity index (χ1) is 13.2. The highest BCUT2D eigenvalue weighted by Gasteiger charge is 2.31. The number of hydrogen-bond donors (Lipinski definition) is 1. The number of benzene rings is 1. The molecule has 1 saturated heterocycles. The van der Waals surface area contributed by atoms with Crippen LogP contribution in [0.2, 0.25) is 0 Å². The van der Waals surface area contributed by atoms with Gasteiger partial charge in [0, 0.05) is 53.2 Å². The van der Waals surface area contributed by atoms with Gasteiger partial charge in [-0.15, -0.1) is 11.3 Å². The van der Waals surface area contributed by atoms with E-state index in [0.717, 1.165) is 13.1 Å². The van der Waals surface area contributed by atoms with E-state index in [1.54, 1.807) is 11.3 Å². The Hall–Kier alpha value is -2.31. The number of fused-ring (bicyclic) bond motifs is 1. The maximum absolute atomic E-state index is 12.0. The number of ether oxygens (including phenoxy) is 1. The molecule has 1 aliphatic rings. The van der Waals surface area contributed by atoms with Crippen molar-refractivity contribution in [3.8, 4) is 0 Å². The van der Waals surface area contributed by atoms with E-state index < -0.39 is 0 Å². The van der Waals surface area contributed by atoms with Gasteiger partial charge in [0.2, 0.25) is 0 Å². The average Bonchev–Trinajstić information content (AvgIpc) is 3.32. The van der Waals surface area contributed by atoms with Gasteiger partial charge in [-0.2, -0.15) is 0 Å². The molecule has 1 aliphatic heterocycles. The van der Waals surface area contributed by atoms with Crippen molar-refractivity contribution in [2.45, 2.75) is 19.9 Å². The lowest BCUT2D eigenvalue weighted by Gasteiger charge is -2.38. The fourth-order valence-corrected chi connectivity index (χ4v) is 4.85. The molecule has 2 aromatic heterocycles. The third kappa shape index (κ3) is 3.47. The minimum Gasteiger partial charge on any atom is -0.450 e. The topological polar surface area (TPSA) is 48.6 Å². The fourth-order valence-electron chi connectivity index (χ4n) is 3.98. The molecule has 1 fully saturated rings. The van der Waals surface area contributed by atoms with Gasteiger partial charge in [0.05, 0.1) is 12.6 Å². The second kappa shape index (κ2) is 7.74. The first kappa shape index (κ1) is 18.1. The fraction of sp³-hybridized carbons (Fsp3) is 0.381. The van der Waals surface area contributed by atoms with Crippen LogP contribution < -0.4 is 0 Å². The summed E-state index contributed by atoms with van der Waals surface area (Å²) in [5.41, 5.74) is 3.73. The number of rotatable bonds is 4. The Labute approximate surface area is 163 Å². The van der Waals surface area contributed by atoms with Crippen LogP contribution >= 0.6 is 11.3 Å². The minimum atomic E-state index is -0.201. The first-order valence-corrected chi connectivity index (χ1v) is 10.3. The Morgan fingerprint density at radius 3 is 2.67 bits per heavy atom. The zero-order chi connectivity index (χ0) is 18.8. The number of piperazine rings is 1. The number of aromatic amines is 1. The van der Waals surface area contributed by atoms with Crippen molar-refractivity contribution in [2.75, 3.05) is 32.8 Å². The Morgan fingerprint density at radius 2 is 1.96 bits per heavy atom. The van der Waals surface area contributed by atoms with E-state index in [4.69, 9.17) is 4.74 Å². The van der Waals surface area contributed by atoms with Gasteiger partial charge >= 0.3 is 6.09 Å². The third-order valence-corrected chi connectivity index (χ3v) is 6.16. The molecule has 0 radical (unpaired) electrons. The quantitative estimate of drug-likeness (QED) is 0.726. The Balaban J connectivity index is 1.66. The molecule has 1 N–H and O–H groups in total. The molecule has 0 unspecified atom stereocenters. The van der Waals surface area contributed by atoms with E-state index in [-0.39, 0.29) is 12.1 Å². The van der Waals surface area contributed by atoms with Crippen LogP contribution in [0.3, 0.4) is 0 Å². The summed E-state index contributed by atoms with van der Waals surface area (Å²) in [6.45, 7) is 7.49. The highest BCUT2D eigenvalue weighted by Crippen LogP contribution is 2.38. The number of para-hydroxylation sites is 1. The molecule has 5 nitrogen and oxygen atoms in total. The van der Waals surface area contributed by atoms with E-state index in [2.05, 4.69) is 58.6 Å². The van der Waals surface area contributed by atoms with Crippen LogP contribution in [-0.2, 0) is 4.74 Å². The van der Waals surface area contributed by atoms with Crippen LogP contribution in [-0.4, -0.2) is 53.7 Å². The summed E-state index contributed by atoms with van der Waals surface area (Å²) in [4.78, 5) is 21.2. The van der Waals surface area contributed by atoms with Crippen molar-refractivity contribution < 1.29 is 9.53 Å². The Kier molecular flexibility index (Phi) is 5.18. The molecule has 0 saturated carbocycles. The molecular weight excluding hydrogens is 358 g/mol. The summed E-state index contributed by atoms with van der Waals surface area (Å²) in [6, 6.07) is 13.0. The zero-order valence-electron chi connectivity index (χ0n) is 15.8. The van der Waals surface area contributed by atoms with Crippen molar-refractivity contribution in [3.05, 3.63) is 57.9 Å². The maximum Gasteiger partial charge on any atom is 0.409 e. The number of amides is 1. The van der Waals surface area contributed by atoms with Crippen molar-refractivity contribution in [1.82, 2.24) is 14.8 Å². The Morgan fingerprint density at radius 1 is 1.19 bits per heavy atom. The molecule has 0 spiro atoms. The molecule has 0 bridgehead atoms. The number of carbonyl (C=O) groups excluding carboxylic acids is 1.